The molecule has 0 unspecified atom stereocenters. The maximum absolute atomic E-state index is 12.9. The Labute approximate surface area is 169 Å². The van der Waals surface area contributed by atoms with Crippen molar-refractivity contribution in [2.75, 3.05) is 7.11 Å². The molecule has 4 rings (SSSR count). The predicted octanol–water partition coefficient (Wildman–Crippen LogP) is 2.45. The van der Waals surface area contributed by atoms with Gasteiger partial charge in [0.2, 0.25) is 0 Å². The van der Waals surface area contributed by atoms with Crippen LogP contribution in [0.15, 0.2) is 69.7 Å². The van der Waals surface area contributed by atoms with Gasteiger partial charge in [-0.3, -0.25) is 9.36 Å². The van der Waals surface area contributed by atoms with Crippen LogP contribution in [0.4, 0.5) is 0 Å². The number of aromatic nitrogens is 3. The van der Waals surface area contributed by atoms with Crippen LogP contribution in [-0.4, -0.2) is 27.2 Å². The van der Waals surface area contributed by atoms with Crippen LogP contribution >= 0.6 is 11.3 Å². The summed E-state index contributed by atoms with van der Waals surface area (Å²) in [7, 11) is 1.33. The summed E-state index contributed by atoms with van der Waals surface area (Å²) >= 11 is 1.49. The first-order valence-electron chi connectivity index (χ1n) is 8.86. The fraction of sp³-hybridized carbons (Fsp3) is 0.143. The Balaban J connectivity index is 1.70. The number of nitrogens with zero attached hydrogens (tertiary/aromatic N) is 3. The lowest BCUT2D eigenvalue weighted by atomic mass is 10.1. The molecule has 0 atom stereocenters. The maximum atomic E-state index is 12.9. The third kappa shape index (κ3) is 3.74. The van der Waals surface area contributed by atoms with Crippen molar-refractivity contribution in [3.8, 4) is 11.4 Å². The second-order valence-corrected chi connectivity index (χ2v) is 7.46. The number of esters is 1. The quantitative estimate of drug-likeness (QED) is 0.475. The summed E-state index contributed by atoms with van der Waals surface area (Å²) in [6.07, 6.45) is 1.77. The maximum Gasteiger partial charge on any atom is 0.352 e. The lowest BCUT2D eigenvalue weighted by molar-refractivity contribution is 0.0600. The standard InChI is InChI=1S/C21H17N3O4S/c1-28-20(26)15-8-6-14(7-9-15)12-23-10-2-5-17-18(23)22-21(27)24(19(17)25)13-16-4-3-11-29-16/h2-11H,12-13H2,1H3. The number of carbonyl (C=O) groups excluding carboxylic acids is 1. The Kier molecular flexibility index (Phi) is 5.09. The van der Waals surface area contributed by atoms with Crippen molar-refractivity contribution >= 4 is 17.3 Å². The van der Waals surface area contributed by atoms with Crippen molar-refractivity contribution < 1.29 is 9.53 Å². The van der Waals surface area contributed by atoms with Crippen LogP contribution in [-0.2, 0) is 17.8 Å². The van der Waals surface area contributed by atoms with Crippen LogP contribution in [0.2, 0.25) is 0 Å². The number of fused-ring (bicyclic) bond motifs is 1. The van der Waals surface area contributed by atoms with E-state index in [9.17, 15) is 14.4 Å². The summed E-state index contributed by atoms with van der Waals surface area (Å²) in [6, 6.07) is 14.1. The monoisotopic (exact) mass is 407 g/mol. The van der Waals surface area contributed by atoms with Crippen LogP contribution < -0.4 is 11.2 Å². The van der Waals surface area contributed by atoms with Gasteiger partial charge in [-0.05, 0) is 41.3 Å². The summed E-state index contributed by atoms with van der Waals surface area (Å²) < 4.78 is 7.61. The number of hydrogen-bond donors (Lipinski definition) is 0. The van der Waals surface area contributed by atoms with Crippen molar-refractivity contribution in [3.63, 3.8) is 0 Å². The van der Waals surface area contributed by atoms with Gasteiger partial charge >= 0.3 is 11.7 Å². The lowest BCUT2D eigenvalue weighted by Gasteiger charge is -2.15. The summed E-state index contributed by atoms with van der Waals surface area (Å²) in [5, 5.41) is 1.90. The summed E-state index contributed by atoms with van der Waals surface area (Å²) in [6.45, 7) is 0.613. The van der Waals surface area contributed by atoms with E-state index in [1.807, 2.05) is 17.5 Å². The second-order valence-electron chi connectivity index (χ2n) is 6.43. The zero-order valence-electron chi connectivity index (χ0n) is 15.6. The third-order valence-electron chi connectivity index (χ3n) is 4.57. The molecule has 0 fully saturated rings. The molecule has 0 spiro atoms. The molecule has 29 heavy (non-hydrogen) atoms. The number of methoxy groups -OCH3 is 1. The third-order valence-corrected chi connectivity index (χ3v) is 5.43. The second kappa shape index (κ2) is 7.84. The molecule has 0 radical (unpaired) electrons. The van der Waals surface area contributed by atoms with Crippen LogP contribution in [0.3, 0.4) is 0 Å². The van der Waals surface area contributed by atoms with Gasteiger partial charge in [-0.25, -0.2) is 9.59 Å². The first kappa shape index (κ1) is 18.8. The van der Waals surface area contributed by atoms with E-state index in [0.717, 1.165) is 15.0 Å². The number of pyridine rings is 1. The zero-order chi connectivity index (χ0) is 20.4. The molecule has 2 aromatic rings. The average molecular weight is 407 g/mol. The summed E-state index contributed by atoms with van der Waals surface area (Å²) in [5.41, 5.74) is 0.804. The number of hydrogen-bond acceptors (Lipinski definition) is 6. The van der Waals surface area contributed by atoms with E-state index in [1.165, 1.54) is 18.4 Å². The first-order valence-corrected chi connectivity index (χ1v) is 9.74. The van der Waals surface area contributed by atoms with Gasteiger partial charge in [-0.15, -0.1) is 11.3 Å². The van der Waals surface area contributed by atoms with Gasteiger partial charge in [0.1, 0.15) is 0 Å². The topological polar surface area (TPSA) is 83.2 Å². The normalized spacial score (nSPS) is 10.9. The number of ether oxygens (including phenoxy) is 1. The summed E-state index contributed by atoms with van der Waals surface area (Å²) in [4.78, 5) is 42.1. The number of benzene rings is 1. The number of rotatable bonds is 5. The van der Waals surface area contributed by atoms with Crippen LogP contribution in [0.1, 0.15) is 20.8 Å². The fourth-order valence-corrected chi connectivity index (χ4v) is 3.80. The molecular weight excluding hydrogens is 390 g/mol. The van der Waals surface area contributed by atoms with Gasteiger partial charge in [0, 0.05) is 17.6 Å². The molecule has 0 N–H and O–H groups in total. The van der Waals surface area contributed by atoms with E-state index in [2.05, 4.69) is 4.98 Å². The minimum Gasteiger partial charge on any atom is -0.465 e. The van der Waals surface area contributed by atoms with Crippen molar-refractivity contribution in [2.24, 2.45) is 0 Å². The zero-order valence-corrected chi connectivity index (χ0v) is 16.4. The van der Waals surface area contributed by atoms with Crippen LogP contribution in [0.25, 0.3) is 11.4 Å². The largest absolute Gasteiger partial charge is 0.465 e. The molecule has 0 aliphatic carbocycles. The minimum absolute atomic E-state index is 0.210. The average Bonchev–Trinajstić information content (AvgIpc) is 3.25. The molecule has 7 nitrogen and oxygen atoms in total. The van der Waals surface area contributed by atoms with Crippen molar-refractivity contribution in [1.29, 1.82) is 0 Å². The molecule has 0 amide bonds. The number of carbonyl (C=O) groups is 1. The molecule has 0 saturated heterocycles. The van der Waals surface area contributed by atoms with Crippen molar-refractivity contribution in [3.05, 3.63) is 96.9 Å². The van der Waals surface area contributed by atoms with Crippen molar-refractivity contribution in [2.45, 2.75) is 13.1 Å². The van der Waals surface area contributed by atoms with E-state index in [1.54, 1.807) is 47.2 Å². The van der Waals surface area contributed by atoms with E-state index in [-0.39, 0.29) is 12.1 Å². The first-order chi connectivity index (χ1) is 14.1. The highest BCUT2D eigenvalue weighted by atomic mass is 32.1. The van der Waals surface area contributed by atoms with Crippen LogP contribution in [0.5, 0.6) is 0 Å². The molecule has 2 aliphatic rings. The SMILES string of the molecule is COC(=O)c1ccc(Cn2cccc3c(=O)n(Cc4cccs4)c(=O)nc2-3)cc1. The molecular formula is C21H17N3O4S. The molecule has 3 heterocycles. The van der Waals surface area contributed by atoms with Gasteiger partial charge in [0.25, 0.3) is 5.56 Å². The molecule has 1 aromatic carbocycles. The lowest BCUT2D eigenvalue weighted by Crippen LogP contribution is -2.38. The van der Waals surface area contributed by atoms with E-state index in [0.29, 0.717) is 23.5 Å². The Morgan fingerprint density at radius 1 is 1.07 bits per heavy atom. The van der Waals surface area contributed by atoms with Crippen LogP contribution in [0, 0.1) is 0 Å². The summed E-state index contributed by atoms with van der Waals surface area (Å²) in [5.74, 6) is -0.0692. The predicted molar refractivity (Wildman–Crippen MR) is 110 cm³/mol. The highest BCUT2D eigenvalue weighted by molar-refractivity contribution is 7.09. The van der Waals surface area contributed by atoms with Crippen molar-refractivity contribution in [1.82, 2.24) is 14.1 Å². The molecule has 8 heteroatoms. The Bertz CT molecular complexity index is 1240. The minimum atomic E-state index is -0.572. The highest BCUT2D eigenvalue weighted by Gasteiger charge is 2.17. The fourth-order valence-electron chi connectivity index (χ4n) is 3.10. The molecule has 2 aliphatic heterocycles. The highest BCUT2D eigenvalue weighted by Crippen LogP contribution is 2.16. The van der Waals surface area contributed by atoms with Gasteiger partial charge in [0.05, 0.1) is 24.8 Å². The Morgan fingerprint density at radius 3 is 2.55 bits per heavy atom. The molecule has 0 saturated carbocycles. The van der Waals surface area contributed by atoms with Gasteiger partial charge in [-0.2, -0.15) is 4.98 Å². The number of thiophene rings is 1. The van der Waals surface area contributed by atoms with Gasteiger partial charge in [-0.1, -0.05) is 18.2 Å². The molecule has 0 bridgehead atoms. The van der Waals surface area contributed by atoms with Gasteiger partial charge < -0.3 is 9.30 Å². The van der Waals surface area contributed by atoms with E-state index >= 15 is 0 Å². The van der Waals surface area contributed by atoms with E-state index in [4.69, 9.17) is 4.74 Å². The Morgan fingerprint density at radius 2 is 1.86 bits per heavy atom. The van der Waals surface area contributed by atoms with Gasteiger partial charge in [0.15, 0.2) is 5.82 Å². The van der Waals surface area contributed by atoms with E-state index < -0.39 is 11.7 Å². The molecule has 1 aromatic heterocycles. The smallest absolute Gasteiger partial charge is 0.352 e. The molecule has 146 valence electrons. The Hall–Kier alpha value is -3.52.